The molecule has 0 saturated heterocycles. The molecule has 0 aliphatic heterocycles. The van der Waals surface area contributed by atoms with Crippen molar-refractivity contribution in [2.75, 3.05) is 6.61 Å². The van der Waals surface area contributed by atoms with Gasteiger partial charge in [-0.3, -0.25) is 0 Å². The van der Waals surface area contributed by atoms with E-state index < -0.39 is 11.5 Å². The molecule has 16 heavy (non-hydrogen) atoms. The number of carboxylic acids is 1. The van der Waals surface area contributed by atoms with E-state index in [1.165, 1.54) is 6.07 Å². The van der Waals surface area contributed by atoms with E-state index in [1.54, 1.807) is 0 Å². The van der Waals surface area contributed by atoms with Gasteiger partial charge in [0.15, 0.2) is 11.5 Å². The van der Waals surface area contributed by atoms with Crippen molar-refractivity contribution < 1.29 is 19.5 Å². The maximum absolute atomic E-state index is 10.5. The lowest BCUT2D eigenvalue weighted by Gasteiger charge is -2.26. The molecule has 6 nitrogen and oxygen atoms in total. The second-order valence-corrected chi connectivity index (χ2v) is 3.91. The lowest BCUT2D eigenvalue weighted by molar-refractivity contribution is 0.0685. The van der Waals surface area contributed by atoms with Crippen LogP contribution in [-0.4, -0.2) is 33.5 Å². The number of aliphatic hydroxyl groups excluding tert-OH is 1. The second kappa shape index (κ2) is 5.09. The Labute approximate surface area is 93.3 Å². The Balaban J connectivity index is 2.57. The first-order valence-corrected chi connectivity index (χ1v) is 5.05. The van der Waals surface area contributed by atoms with Gasteiger partial charge in [0.25, 0.3) is 0 Å². The summed E-state index contributed by atoms with van der Waals surface area (Å²) in [5, 5.41) is 24.3. The van der Waals surface area contributed by atoms with Crippen molar-refractivity contribution in [3.05, 3.63) is 17.5 Å². The van der Waals surface area contributed by atoms with E-state index in [0.29, 0.717) is 12.3 Å². The molecule has 1 aromatic rings. The van der Waals surface area contributed by atoms with Crippen molar-refractivity contribution >= 4 is 5.97 Å². The lowest BCUT2D eigenvalue weighted by atomic mass is 10.0. The molecule has 0 fully saturated rings. The third-order valence-corrected chi connectivity index (χ3v) is 2.60. The van der Waals surface area contributed by atoms with Gasteiger partial charge in [-0.25, -0.2) is 4.79 Å². The van der Waals surface area contributed by atoms with Crippen molar-refractivity contribution in [1.82, 2.24) is 10.5 Å². The van der Waals surface area contributed by atoms with Crippen LogP contribution in [0.15, 0.2) is 10.6 Å². The summed E-state index contributed by atoms with van der Waals surface area (Å²) in [4.78, 5) is 10.5. The van der Waals surface area contributed by atoms with Crippen LogP contribution in [0.25, 0.3) is 0 Å². The van der Waals surface area contributed by atoms with Gasteiger partial charge in [0, 0.05) is 11.6 Å². The van der Waals surface area contributed by atoms with Crippen LogP contribution in [0.2, 0.25) is 0 Å². The Kier molecular flexibility index (Phi) is 4.03. The summed E-state index contributed by atoms with van der Waals surface area (Å²) >= 11 is 0. The fourth-order valence-corrected chi connectivity index (χ4v) is 1.09. The molecule has 0 radical (unpaired) electrons. The Morgan fingerprint density at radius 1 is 1.69 bits per heavy atom. The van der Waals surface area contributed by atoms with Gasteiger partial charge in [0.05, 0.1) is 13.2 Å². The number of rotatable bonds is 6. The molecule has 0 saturated carbocycles. The van der Waals surface area contributed by atoms with Crippen LogP contribution in [0.5, 0.6) is 0 Å². The number of nitrogens with one attached hydrogen (secondary N) is 1. The summed E-state index contributed by atoms with van der Waals surface area (Å²) in [5.74, 6) is -0.680. The highest BCUT2D eigenvalue weighted by molar-refractivity contribution is 5.85. The van der Waals surface area contributed by atoms with Gasteiger partial charge in [-0.15, -0.1) is 0 Å². The molecule has 0 amide bonds. The maximum Gasteiger partial charge on any atom is 0.358 e. The number of hydrogen-bond donors (Lipinski definition) is 3. The normalized spacial score (nSPS) is 14.7. The first-order chi connectivity index (χ1) is 7.50. The fourth-order valence-electron chi connectivity index (χ4n) is 1.09. The van der Waals surface area contributed by atoms with Gasteiger partial charge in [-0.2, -0.15) is 0 Å². The van der Waals surface area contributed by atoms with Gasteiger partial charge < -0.3 is 20.1 Å². The molecule has 1 aromatic heterocycles. The maximum atomic E-state index is 10.5. The minimum absolute atomic E-state index is 0.00340. The van der Waals surface area contributed by atoms with E-state index in [1.807, 2.05) is 13.8 Å². The number of hydrogen-bond acceptors (Lipinski definition) is 5. The Morgan fingerprint density at radius 3 is 2.81 bits per heavy atom. The van der Waals surface area contributed by atoms with Gasteiger partial charge in [-0.1, -0.05) is 12.1 Å². The highest BCUT2D eigenvalue weighted by atomic mass is 16.5. The largest absolute Gasteiger partial charge is 0.476 e. The molecular formula is C10H16N2O4. The predicted octanol–water partition coefficient (Wildman–Crippen LogP) is 0.623. The van der Waals surface area contributed by atoms with Crippen LogP contribution < -0.4 is 5.32 Å². The number of aromatic carboxylic acids is 1. The minimum Gasteiger partial charge on any atom is -0.476 e. The smallest absolute Gasteiger partial charge is 0.358 e. The van der Waals surface area contributed by atoms with E-state index in [2.05, 4.69) is 10.5 Å². The summed E-state index contributed by atoms with van der Waals surface area (Å²) in [7, 11) is 0. The Morgan fingerprint density at radius 2 is 2.38 bits per heavy atom. The minimum atomic E-state index is -1.12. The lowest BCUT2D eigenvalue weighted by Crippen LogP contribution is -2.44. The van der Waals surface area contributed by atoms with Crippen LogP contribution >= 0.6 is 0 Å². The van der Waals surface area contributed by atoms with Gasteiger partial charge in [0.1, 0.15) is 0 Å². The zero-order valence-corrected chi connectivity index (χ0v) is 9.36. The molecular weight excluding hydrogens is 212 g/mol. The van der Waals surface area contributed by atoms with Gasteiger partial charge >= 0.3 is 5.97 Å². The molecule has 0 aliphatic carbocycles. The number of carbonyl (C=O) groups is 1. The molecule has 0 aliphatic rings. The number of aromatic nitrogens is 1. The third-order valence-electron chi connectivity index (χ3n) is 2.60. The molecule has 6 heteroatoms. The first kappa shape index (κ1) is 12.7. The SMILES string of the molecule is CCC(C)(CO)NCc1cc(C(=O)O)no1. The molecule has 1 unspecified atom stereocenters. The van der Waals surface area contributed by atoms with Crippen LogP contribution in [-0.2, 0) is 6.54 Å². The standard InChI is InChI=1S/C10H16N2O4/c1-3-10(2,6-13)11-5-7-4-8(9(14)15)12-16-7/h4,11,13H,3,5-6H2,1-2H3,(H,14,15). The Hall–Kier alpha value is -1.40. The first-order valence-electron chi connectivity index (χ1n) is 5.05. The van der Waals surface area contributed by atoms with Gasteiger partial charge in [-0.05, 0) is 13.3 Å². The zero-order chi connectivity index (χ0) is 12.2. The summed E-state index contributed by atoms with van der Waals surface area (Å²) < 4.78 is 4.84. The van der Waals surface area contributed by atoms with E-state index >= 15 is 0 Å². The molecule has 0 bridgehead atoms. The molecule has 1 heterocycles. The summed E-state index contributed by atoms with van der Waals surface area (Å²) in [6.07, 6.45) is 0.753. The van der Waals surface area contributed by atoms with Crippen LogP contribution in [0, 0.1) is 0 Å². The average molecular weight is 228 g/mol. The topological polar surface area (TPSA) is 95.6 Å². The van der Waals surface area contributed by atoms with E-state index in [-0.39, 0.29) is 12.3 Å². The second-order valence-electron chi connectivity index (χ2n) is 3.91. The van der Waals surface area contributed by atoms with Crippen molar-refractivity contribution in [2.24, 2.45) is 0 Å². The number of aliphatic hydroxyl groups is 1. The summed E-state index contributed by atoms with van der Waals surface area (Å²) in [5.41, 5.74) is -0.505. The molecule has 0 aromatic carbocycles. The Bertz CT molecular complexity index is 357. The van der Waals surface area contributed by atoms with E-state index in [9.17, 15) is 4.79 Å². The number of nitrogens with zero attached hydrogens (tertiary/aromatic N) is 1. The monoisotopic (exact) mass is 228 g/mol. The van der Waals surface area contributed by atoms with Crippen molar-refractivity contribution in [3.63, 3.8) is 0 Å². The fraction of sp³-hybridized carbons (Fsp3) is 0.600. The van der Waals surface area contributed by atoms with E-state index in [4.69, 9.17) is 14.7 Å². The zero-order valence-electron chi connectivity index (χ0n) is 9.36. The van der Waals surface area contributed by atoms with Crippen LogP contribution in [0.3, 0.4) is 0 Å². The van der Waals surface area contributed by atoms with Gasteiger partial charge in [0.2, 0.25) is 0 Å². The summed E-state index contributed by atoms with van der Waals surface area (Å²) in [6, 6.07) is 1.36. The molecule has 1 rings (SSSR count). The van der Waals surface area contributed by atoms with Crippen molar-refractivity contribution in [2.45, 2.75) is 32.4 Å². The highest BCUT2D eigenvalue weighted by Crippen LogP contribution is 2.10. The third kappa shape index (κ3) is 3.04. The average Bonchev–Trinajstić information content (AvgIpc) is 2.75. The van der Waals surface area contributed by atoms with Crippen LogP contribution in [0.4, 0.5) is 0 Å². The molecule has 3 N–H and O–H groups in total. The number of carboxylic acid groups (broad SMARTS) is 1. The van der Waals surface area contributed by atoms with Crippen molar-refractivity contribution in [3.8, 4) is 0 Å². The summed E-state index contributed by atoms with van der Waals surface area (Å²) in [6.45, 7) is 4.17. The predicted molar refractivity (Wildman–Crippen MR) is 56.1 cm³/mol. The molecule has 1 atom stereocenters. The van der Waals surface area contributed by atoms with E-state index in [0.717, 1.165) is 6.42 Å². The molecule has 90 valence electrons. The highest BCUT2D eigenvalue weighted by Gasteiger charge is 2.21. The van der Waals surface area contributed by atoms with Crippen molar-refractivity contribution in [1.29, 1.82) is 0 Å². The quantitative estimate of drug-likeness (QED) is 0.660. The van der Waals surface area contributed by atoms with Crippen LogP contribution in [0.1, 0.15) is 36.5 Å². The molecule has 0 spiro atoms.